The molecule has 0 unspecified atom stereocenters. The molecule has 1 aliphatic carbocycles. The van der Waals surface area contributed by atoms with Crippen LogP contribution in [0, 0.1) is 11.8 Å². The molecule has 0 N–H and O–H groups in total. The molecule has 0 saturated heterocycles. The average Bonchev–Trinajstić information content (AvgIpc) is 2.79. The molecule has 0 bridgehead atoms. The van der Waals surface area contributed by atoms with Crippen LogP contribution in [0.1, 0.15) is 56.4 Å². The normalized spacial score (nSPS) is 24.2. The van der Waals surface area contributed by atoms with Gasteiger partial charge >= 0.3 is 0 Å². The molecule has 0 aromatic carbocycles. The van der Waals surface area contributed by atoms with E-state index in [1.807, 2.05) is 6.92 Å². The summed E-state index contributed by atoms with van der Waals surface area (Å²) in [5.41, 5.74) is 0.610. The Morgan fingerprint density at radius 1 is 1.39 bits per heavy atom. The van der Waals surface area contributed by atoms with E-state index in [1.54, 1.807) is 10.9 Å². The van der Waals surface area contributed by atoms with Gasteiger partial charge in [-0.25, -0.2) is 0 Å². The number of rotatable bonds is 4. The summed E-state index contributed by atoms with van der Waals surface area (Å²) >= 11 is 6.09. The molecule has 100 valence electrons. The highest BCUT2D eigenvalue weighted by Crippen LogP contribution is 2.33. The van der Waals surface area contributed by atoms with Crippen molar-refractivity contribution in [1.82, 2.24) is 9.78 Å². The summed E-state index contributed by atoms with van der Waals surface area (Å²) in [5, 5.41) is 4.64. The van der Waals surface area contributed by atoms with Crippen LogP contribution in [0.3, 0.4) is 0 Å². The molecule has 1 fully saturated rings. The van der Waals surface area contributed by atoms with E-state index in [0.29, 0.717) is 17.3 Å². The molecule has 0 amide bonds. The van der Waals surface area contributed by atoms with E-state index >= 15 is 0 Å². The molecule has 3 nitrogen and oxygen atoms in total. The highest BCUT2D eigenvalue weighted by molar-refractivity contribution is 6.33. The number of carbonyl (C=O) groups is 1. The van der Waals surface area contributed by atoms with Crippen LogP contribution in [0.25, 0.3) is 0 Å². The smallest absolute Gasteiger partial charge is 0.185 e. The molecule has 0 spiro atoms. The molecular weight excluding hydrogens is 248 g/mol. The Morgan fingerprint density at radius 2 is 2.06 bits per heavy atom. The second-order valence-electron chi connectivity index (χ2n) is 5.15. The van der Waals surface area contributed by atoms with Gasteiger partial charge in [0.25, 0.3) is 0 Å². The summed E-state index contributed by atoms with van der Waals surface area (Å²) in [4.78, 5) is 12.5. The van der Waals surface area contributed by atoms with Gasteiger partial charge in [-0.1, -0.05) is 24.9 Å². The van der Waals surface area contributed by atoms with Gasteiger partial charge in [-0.15, -0.1) is 0 Å². The molecule has 1 heterocycles. The Kier molecular flexibility index (Phi) is 4.44. The van der Waals surface area contributed by atoms with Gasteiger partial charge < -0.3 is 0 Å². The van der Waals surface area contributed by atoms with Gasteiger partial charge in [0.15, 0.2) is 5.78 Å². The molecule has 18 heavy (non-hydrogen) atoms. The number of aryl methyl sites for hydroxylation is 1. The van der Waals surface area contributed by atoms with Crippen molar-refractivity contribution in [3.05, 3.63) is 16.9 Å². The topological polar surface area (TPSA) is 34.9 Å². The van der Waals surface area contributed by atoms with Gasteiger partial charge in [-0.2, -0.15) is 5.10 Å². The summed E-state index contributed by atoms with van der Waals surface area (Å²) < 4.78 is 1.72. The first-order valence-corrected chi connectivity index (χ1v) is 7.30. The van der Waals surface area contributed by atoms with Gasteiger partial charge in [-0.3, -0.25) is 9.48 Å². The number of ketones is 1. The molecule has 1 aromatic rings. The monoisotopic (exact) mass is 268 g/mol. The van der Waals surface area contributed by atoms with Crippen LogP contribution in [0.2, 0.25) is 5.02 Å². The van der Waals surface area contributed by atoms with Crippen molar-refractivity contribution in [2.75, 3.05) is 0 Å². The van der Waals surface area contributed by atoms with Crippen LogP contribution >= 0.6 is 11.6 Å². The van der Waals surface area contributed by atoms with Crippen molar-refractivity contribution in [3.8, 4) is 0 Å². The highest BCUT2D eigenvalue weighted by atomic mass is 35.5. The number of nitrogens with zero attached hydrogens (tertiary/aromatic N) is 2. The number of hydrogen-bond donors (Lipinski definition) is 0. The lowest BCUT2D eigenvalue weighted by Gasteiger charge is -2.26. The van der Waals surface area contributed by atoms with E-state index in [9.17, 15) is 4.79 Å². The first-order valence-electron chi connectivity index (χ1n) is 6.92. The van der Waals surface area contributed by atoms with Crippen LogP contribution in [-0.2, 0) is 6.54 Å². The van der Waals surface area contributed by atoms with Crippen LogP contribution in [0.5, 0.6) is 0 Å². The maximum absolute atomic E-state index is 12.5. The first-order chi connectivity index (χ1) is 8.67. The van der Waals surface area contributed by atoms with Crippen molar-refractivity contribution in [1.29, 1.82) is 0 Å². The van der Waals surface area contributed by atoms with Crippen molar-refractivity contribution in [3.63, 3.8) is 0 Å². The summed E-state index contributed by atoms with van der Waals surface area (Å²) in [6, 6.07) is 0. The van der Waals surface area contributed by atoms with Crippen LogP contribution < -0.4 is 0 Å². The standard InChI is InChI=1S/C14H21ClN2O/c1-3-10-5-7-11(8-6-10)14(18)13-12(15)9-16-17(13)4-2/h9-11H,3-8H2,1-2H3. The molecule has 2 rings (SSSR count). The van der Waals surface area contributed by atoms with E-state index in [0.717, 1.165) is 18.8 Å². The second kappa shape index (κ2) is 5.87. The quantitative estimate of drug-likeness (QED) is 0.775. The number of hydrogen-bond acceptors (Lipinski definition) is 2. The largest absolute Gasteiger partial charge is 0.292 e. The van der Waals surface area contributed by atoms with Crippen LogP contribution in [-0.4, -0.2) is 15.6 Å². The number of aromatic nitrogens is 2. The van der Waals surface area contributed by atoms with Gasteiger partial charge in [0.05, 0.1) is 11.2 Å². The van der Waals surface area contributed by atoms with Gasteiger partial charge in [-0.05, 0) is 38.5 Å². The molecule has 1 aromatic heterocycles. The van der Waals surface area contributed by atoms with Crippen LogP contribution in [0.4, 0.5) is 0 Å². The first kappa shape index (κ1) is 13.6. The number of Topliss-reactive ketones (excluding diaryl/α,β-unsaturated/α-hetero) is 1. The zero-order valence-electron chi connectivity index (χ0n) is 11.2. The lowest BCUT2D eigenvalue weighted by molar-refractivity contribution is 0.0860. The Balaban J connectivity index is 2.10. The minimum absolute atomic E-state index is 0.146. The molecule has 1 saturated carbocycles. The average molecular weight is 269 g/mol. The molecule has 1 aliphatic rings. The summed E-state index contributed by atoms with van der Waals surface area (Å²) in [6.45, 7) is 4.90. The zero-order chi connectivity index (χ0) is 13.1. The lowest BCUT2D eigenvalue weighted by Crippen LogP contribution is -2.24. The fourth-order valence-corrected chi connectivity index (χ4v) is 3.11. The lowest BCUT2D eigenvalue weighted by atomic mass is 9.78. The van der Waals surface area contributed by atoms with E-state index < -0.39 is 0 Å². The number of halogens is 1. The summed E-state index contributed by atoms with van der Waals surface area (Å²) in [7, 11) is 0. The zero-order valence-corrected chi connectivity index (χ0v) is 11.9. The van der Waals surface area contributed by atoms with Gasteiger partial charge in [0, 0.05) is 12.5 Å². The van der Waals surface area contributed by atoms with Gasteiger partial charge in [0.2, 0.25) is 0 Å². The van der Waals surface area contributed by atoms with Crippen molar-refractivity contribution >= 4 is 17.4 Å². The predicted octanol–water partition coefficient (Wildman–Crippen LogP) is 3.96. The SMILES string of the molecule is CCC1CCC(C(=O)c2c(Cl)cnn2CC)CC1. The third-order valence-electron chi connectivity index (χ3n) is 4.12. The molecule has 0 atom stereocenters. The fraction of sp³-hybridized carbons (Fsp3) is 0.714. The summed E-state index contributed by atoms with van der Waals surface area (Å²) in [6.07, 6.45) is 7.16. The maximum Gasteiger partial charge on any atom is 0.185 e. The fourth-order valence-electron chi connectivity index (χ4n) is 2.87. The Bertz CT molecular complexity index is 419. The molecule has 4 heteroatoms. The Morgan fingerprint density at radius 3 is 2.61 bits per heavy atom. The van der Waals surface area contributed by atoms with Gasteiger partial charge in [0.1, 0.15) is 5.69 Å². The maximum atomic E-state index is 12.5. The van der Waals surface area contributed by atoms with Crippen molar-refractivity contribution < 1.29 is 4.79 Å². The minimum Gasteiger partial charge on any atom is -0.292 e. The predicted molar refractivity (Wildman–Crippen MR) is 73.0 cm³/mol. The second-order valence-corrected chi connectivity index (χ2v) is 5.55. The van der Waals surface area contributed by atoms with Crippen LogP contribution in [0.15, 0.2) is 6.20 Å². The van der Waals surface area contributed by atoms with E-state index in [4.69, 9.17) is 11.6 Å². The number of carbonyl (C=O) groups excluding carboxylic acids is 1. The Labute approximate surface area is 114 Å². The molecule has 0 aliphatic heterocycles. The highest BCUT2D eigenvalue weighted by Gasteiger charge is 2.29. The minimum atomic E-state index is 0.146. The van der Waals surface area contributed by atoms with Crippen molar-refractivity contribution in [2.45, 2.75) is 52.5 Å². The Hall–Kier alpha value is -0.830. The third-order valence-corrected chi connectivity index (χ3v) is 4.40. The third kappa shape index (κ3) is 2.61. The summed E-state index contributed by atoms with van der Waals surface area (Å²) in [5.74, 6) is 1.14. The molecular formula is C14H21ClN2O. The van der Waals surface area contributed by atoms with Crippen molar-refractivity contribution in [2.24, 2.45) is 11.8 Å². The van der Waals surface area contributed by atoms with E-state index in [-0.39, 0.29) is 11.7 Å². The van der Waals surface area contributed by atoms with E-state index in [2.05, 4.69) is 12.0 Å². The molecule has 0 radical (unpaired) electrons. The van der Waals surface area contributed by atoms with E-state index in [1.165, 1.54) is 19.3 Å².